The Bertz CT molecular complexity index is 1200. The Morgan fingerprint density at radius 1 is 1.03 bits per heavy atom. The molecule has 0 saturated heterocycles. The quantitative estimate of drug-likeness (QED) is 0.461. The molecule has 0 radical (unpaired) electrons. The fourth-order valence-corrected chi connectivity index (χ4v) is 4.92. The van der Waals surface area contributed by atoms with Crippen LogP contribution in [0.15, 0.2) is 24.3 Å². The van der Waals surface area contributed by atoms with Gasteiger partial charge in [0.1, 0.15) is 5.60 Å². The maximum absolute atomic E-state index is 12.7. The number of carbonyl (C=O) groups excluding carboxylic acids is 1. The van der Waals surface area contributed by atoms with Crippen LogP contribution >= 0.6 is 0 Å². The number of allylic oxidation sites excluding steroid dienone is 1. The van der Waals surface area contributed by atoms with Gasteiger partial charge in [-0.15, -0.1) is 0 Å². The van der Waals surface area contributed by atoms with Gasteiger partial charge in [0.15, 0.2) is 29.1 Å². The van der Waals surface area contributed by atoms with Crippen LogP contribution in [-0.4, -0.2) is 51.9 Å². The van der Waals surface area contributed by atoms with Crippen LogP contribution in [0.5, 0.6) is 34.5 Å². The van der Waals surface area contributed by atoms with Gasteiger partial charge in [-0.1, -0.05) is 13.0 Å². The Balaban J connectivity index is 2.17. The lowest BCUT2D eigenvalue weighted by molar-refractivity contribution is -0.165. The predicted molar refractivity (Wildman–Crippen MR) is 131 cm³/mol. The summed E-state index contributed by atoms with van der Waals surface area (Å²) in [5.74, 6) is 1.55. The Hall–Kier alpha value is -3.59. The van der Waals surface area contributed by atoms with Gasteiger partial charge in [0.2, 0.25) is 18.3 Å². The third-order valence-electron chi connectivity index (χ3n) is 6.89. The molecule has 4 rings (SSSR count). The standard InChI is InChI=1S/C27H32O9/c1-8-9-19(28)36-26-16-12-17(30-4)22(31-5)25(33-7)21(16)20-15(10-14(2)27(26,3)29)11-18-23(24(20)32-6)35-13-34-18/h8-9,11-12,14,26,29H,10,13H2,1-7H3/b9-8-/t14-,26-,27-/m1/s1. The number of rotatable bonds is 6. The average molecular weight is 501 g/mol. The van der Waals surface area contributed by atoms with Gasteiger partial charge in [0.25, 0.3) is 0 Å². The SMILES string of the molecule is C/C=C\C(=O)O[C@@H]1c2cc(OC)c(OC)c(OC)c2-c2c(cc3c(c2OC)OCO3)C[C@@H](C)[C@@]1(C)O. The van der Waals surface area contributed by atoms with Crippen LogP contribution in [0.1, 0.15) is 38.0 Å². The first-order chi connectivity index (χ1) is 17.2. The highest BCUT2D eigenvalue weighted by atomic mass is 16.7. The van der Waals surface area contributed by atoms with Crippen LogP contribution in [0.4, 0.5) is 0 Å². The topological polar surface area (TPSA) is 102 Å². The Morgan fingerprint density at radius 2 is 1.72 bits per heavy atom. The van der Waals surface area contributed by atoms with E-state index < -0.39 is 17.7 Å². The average Bonchev–Trinajstić information content (AvgIpc) is 3.33. The molecule has 1 aliphatic carbocycles. The lowest BCUT2D eigenvalue weighted by Crippen LogP contribution is -2.43. The number of ether oxygens (including phenoxy) is 7. The Kier molecular flexibility index (Phi) is 6.95. The third kappa shape index (κ3) is 3.97. The van der Waals surface area contributed by atoms with Crippen molar-refractivity contribution in [3.8, 4) is 45.6 Å². The molecular weight excluding hydrogens is 468 g/mol. The molecule has 1 heterocycles. The molecule has 2 aliphatic rings. The summed E-state index contributed by atoms with van der Waals surface area (Å²) in [6.45, 7) is 5.34. The summed E-state index contributed by atoms with van der Waals surface area (Å²) in [5.41, 5.74) is 1.04. The zero-order chi connectivity index (χ0) is 26.2. The summed E-state index contributed by atoms with van der Waals surface area (Å²) in [4.78, 5) is 12.7. The molecule has 2 aromatic carbocycles. The van der Waals surface area contributed by atoms with E-state index in [1.54, 1.807) is 33.1 Å². The van der Waals surface area contributed by atoms with Gasteiger partial charge in [-0.05, 0) is 43.9 Å². The van der Waals surface area contributed by atoms with Crippen LogP contribution in [0.25, 0.3) is 11.1 Å². The largest absolute Gasteiger partial charge is 0.493 e. The van der Waals surface area contributed by atoms with Crippen molar-refractivity contribution >= 4 is 5.97 Å². The normalized spacial score (nSPS) is 22.2. The highest BCUT2D eigenvalue weighted by Gasteiger charge is 2.46. The van der Waals surface area contributed by atoms with Crippen LogP contribution in [0.3, 0.4) is 0 Å². The second-order valence-electron chi connectivity index (χ2n) is 8.94. The Labute approximate surface area is 210 Å². The number of benzene rings is 2. The fourth-order valence-electron chi connectivity index (χ4n) is 4.92. The van der Waals surface area contributed by atoms with Crippen molar-refractivity contribution in [1.82, 2.24) is 0 Å². The van der Waals surface area contributed by atoms with Crippen molar-refractivity contribution < 1.29 is 43.1 Å². The smallest absolute Gasteiger partial charge is 0.331 e. The van der Waals surface area contributed by atoms with E-state index >= 15 is 0 Å². The second-order valence-corrected chi connectivity index (χ2v) is 8.94. The van der Waals surface area contributed by atoms with Crippen LogP contribution in [-0.2, 0) is 16.0 Å². The van der Waals surface area contributed by atoms with Crippen molar-refractivity contribution in [3.05, 3.63) is 35.4 Å². The lowest BCUT2D eigenvalue weighted by atomic mass is 9.73. The number of carbonyl (C=O) groups is 1. The van der Waals surface area contributed by atoms with Crippen LogP contribution in [0, 0.1) is 5.92 Å². The molecule has 3 atom stereocenters. The maximum atomic E-state index is 12.7. The zero-order valence-electron chi connectivity index (χ0n) is 21.6. The van der Waals surface area contributed by atoms with E-state index in [9.17, 15) is 9.90 Å². The molecule has 2 aromatic rings. The summed E-state index contributed by atoms with van der Waals surface area (Å²) in [5, 5.41) is 11.9. The van der Waals surface area contributed by atoms with Gasteiger partial charge >= 0.3 is 5.97 Å². The first-order valence-corrected chi connectivity index (χ1v) is 11.6. The lowest BCUT2D eigenvalue weighted by Gasteiger charge is -2.41. The zero-order valence-corrected chi connectivity index (χ0v) is 21.6. The minimum absolute atomic E-state index is 0.0569. The summed E-state index contributed by atoms with van der Waals surface area (Å²) >= 11 is 0. The molecule has 1 aliphatic heterocycles. The van der Waals surface area contributed by atoms with E-state index in [0.29, 0.717) is 57.6 Å². The minimum atomic E-state index is -1.47. The highest BCUT2D eigenvalue weighted by Crippen LogP contribution is 2.59. The third-order valence-corrected chi connectivity index (χ3v) is 6.89. The van der Waals surface area contributed by atoms with E-state index in [1.807, 2.05) is 13.0 Å². The second kappa shape index (κ2) is 9.81. The number of aliphatic hydroxyl groups is 1. The summed E-state index contributed by atoms with van der Waals surface area (Å²) in [6.07, 6.45) is 2.23. The molecule has 0 saturated carbocycles. The molecule has 0 amide bonds. The van der Waals surface area contributed by atoms with Gasteiger partial charge in [0.05, 0.1) is 28.4 Å². The number of esters is 1. The van der Waals surface area contributed by atoms with Crippen LogP contribution in [0.2, 0.25) is 0 Å². The van der Waals surface area contributed by atoms with E-state index in [0.717, 1.165) is 5.56 Å². The molecule has 0 aromatic heterocycles. The van der Waals surface area contributed by atoms with Crippen molar-refractivity contribution in [2.45, 2.75) is 38.9 Å². The number of methoxy groups -OCH3 is 4. The summed E-state index contributed by atoms with van der Waals surface area (Å²) in [6, 6.07) is 3.59. The minimum Gasteiger partial charge on any atom is -0.493 e. The molecule has 36 heavy (non-hydrogen) atoms. The molecular formula is C27H32O9. The molecule has 0 spiro atoms. The molecule has 9 nitrogen and oxygen atoms in total. The van der Waals surface area contributed by atoms with Crippen LogP contribution < -0.4 is 28.4 Å². The van der Waals surface area contributed by atoms with Gasteiger partial charge in [0, 0.05) is 22.8 Å². The van der Waals surface area contributed by atoms with Gasteiger partial charge in [-0.25, -0.2) is 4.79 Å². The number of hydrogen-bond donors (Lipinski definition) is 1. The van der Waals surface area contributed by atoms with E-state index in [1.165, 1.54) is 27.4 Å². The Morgan fingerprint density at radius 3 is 2.33 bits per heavy atom. The van der Waals surface area contributed by atoms with E-state index in [2.05, 4.69) is 0 Å². The van der Waals surface area contributed by atoms with Gasteiger partial charge in [-0.2, -0.15) is 0 Å². The van der Waals surface area contributed by atoms with Crippen molar-refractivity contribution in [2.75, 3.05) is 35.2 Å². The first-order valence-electron chi connectivity index (χ1n) is 11.6. The predicted octanol–water partition coefficient (Wildman–Crippen LogP) is 4.22. The van der Waals surface area contributed by atoms with Crippen molar-refractivity contribution in [3.63, 3.8) is 0 Å². The number of hydrogen-bond acceptors (Lipinski definition) is 9. The molecule has 0 unspecified atom stereocenters. The van der Waals surface area contributed by atoms with Crippen molar-refractivity contribution in [1.29, 1.82) is 0 Å². The summed E-state index contributed by atoms with van der Waals surface area (Å²) < 4.78 is 40.4. The monoisotopic (exact) mass is 500 g/mol. The first kappa shape index (κ1) is 25.5. The van der Waals surface area contributed by atoms with Gasteiger partial charge < -0.3 is 38.3 Å². The van der Waals surface area contributed by atoms with E-state index in [4.69, 9.17) is 33.2 Å². The van der Waals surface area contributed by atoms with E-state index in [-0.39, 0.29) is 12.7 Å². The highest BCUT2D eigenvalue weighted by molar-refractivity contribution is 5.89. The fraction of sp³-hybridized carbons (Fsp3) is 0.444. The molecule has 0 bridgehead atoms. The molecule has 1 N–H and O–H groups in total. The number of fused-ring (bicyclic) bond motifs is 4. The molecule has 9 heteroatoms. The summed E-state index contributed by atoms with van der Waals surface area (Å²) in [7, 11) is 6.07. The molecule has 0 fully saturated rings. The van der Waals surface area contributed by atoms with Crippen molar-refractivity contribution in [2.24, 2.45) is 5.92 Å². The van der Waals surface area contributed by atoms with Gasteiger partial charge in [-0.3, -0.25) is 0 Å². The molecule has 194 valence electrons. The maximum Gasteiger partial charge on any atom is 0.331 e.